The van der Waals surface area contributed by atoms with Crippen LogP contribution in [0, 0.1) is 0 Å². The van der Waals surface area contributed by atoms with E-state index in [1.54, 1.807) is 4.90 Å². The Morgan fingerprint density at radius 1 is 1.06 bits per heavy atom. The Balaban J connectivity index is 1.53. The zero-order valence-corrected chi connectivity index (χ0v) is 19.6. The van der Waals surface area contributed by atoms with E-state index in [0.29, 0.717) is 31.2 Å². The van der Waals surface area contributed by atoms with Gasteiger partial charge in [-0.25, -0.2) is 8.42 Å². The highest BCUT2D eigenvalue weighted by Crippen LogP contribution is 2.17. The van der Waals surface area contributed by atoms with E-state index in [1.165, 1.54) is 31.2 Å². The fourth-order valence-corrected chi connectivity index (χ4v) is 4.74. The second-order valence-electron chi connectivity index (χ2n) is 7.60. The number of benzene rings is 2. The number of nitrogens with one attached hydrogen (secondary N) is 1. The van der Waals surface area contributed by atoms with Gasteiger partial charge in [0, 0.05) is 36.9 Å². The molecule has 0 aliphatic carbocycles. The maximum Gasteiger partial charge on any atom is 0.327 e. The molecule has 1 amide bonds. The van der Waals surface area contributed by atoms with E-state index in [1.807, 2.05) is 30.3 Å². The van der Waals surface area contributed by atoms with E-state index >= 15 is 0 Å². The van der Waals surface area contributed by atoms with Gasteiger partial charge in [-0.15, -0.1) is 0 Å². The van der Waals surface area contributed by atoms with Crippen LogP contribution < -0.4 is 9.62 Å². The number of halogens is 1. The van der Waals surface area contributed by atoms with Crippen LogP contribution in [0.5, 0.6) is 0 Å². The average molecular weight is 496 g/mol. The number of para-hydroxylation sites is 1. The Labute approximate surface area is 197 Å². The van der Waals surface area contributed by atoms with Gasteiger partial charge in [0.1, 0.15) is 6.04 Å². The Hall–Kier alpha value is -2.66. The molecule has 1 aliphatic heterocycles. The molecule has 11 heteroatoms. The van der Waals surface area contributed by atoms with Gasteiger partial charge in [-0.2, -0.15) is 4.72 Å². The molecule has 33 heavy (non-hydrogen) atoms. The van der Waals surface area contributed by atoms with Crippen LogP contribution >= 0.6 is 11.6 Å². The number of aliphatic hydroxyl groups excluding tert-OH is 1. The fraction of sp³-hybridized carbons (Fsp3) is 0.364. The van der Waals surface area contributed by atoms with Crippen molar-refractivity contribution in [3.05, 3.63) is 59.6 Å². The lowest BCUT2D eigenvalue weighted by Gasteiger charge is -2.36. The Morgan fingerprint density at radius 3 is 2.24 bits per heavy atom. The molecular weight excluding hydrogens is 470 g/mol. The highest BCUT2D eigenvalue weighted by atomic mass is 35.5. The molecule has 0 spiro atoms. The molecule has 178 valence electrons. The number of aliphatic hydroxyl groups is 1. The fourth-order valence-electron chi connectivity index (χ4n) is 3.36. The third-order valence-corrected chi connectivity index (χ3v) is 6.94. The van der Waals surface area contributed by atoms with Crippen molar-refractivity contribution in [2.75, 3.05) is 37.7 Å². The number of nitrogens with zero attached hydrogens (tertiary/aromatic N) is 2. The van der Waals surface area contributed by atoms with Gasteiger partial charge in [0.2, 0.25) is 10.0 Å². The van der Waals surface area contributed by atoms with E-state index < -0.39 is 34.7 Å². The summed E-state index contributed by atoms with van der Waals surface area (Å²) in [5, 5.41) is 10.3. The Kier molecular flexibility index (Phi) is 8.30. The van der Waals surface area contributed by atoms with Crippen molar-refractivity contribution in [3.63, 3.8) is 0 Å². The molecule has 1 fully saturated rings. The second-order valence-corrected chi connectivity index (χ2v) is 9.75. The molecule has 0 radical (unpaired) electrons. The summed E-state index contributed by atoms with van der Waals surface area (Å²) < 4.78 is 32.3. The van der Waals surface area contributed by atoms with Crippen LogP contribution in [-0.4, -0.2) is 75.2 Å². The molecule has 0 bridgehead atoms. The number of sulfonamides is 1. The first-order valence-electron chi connectivity index (χ1n) is 10.4. The number of carbonyl (C=O) groups is 2. The first kappa shape index (κ1) is 25.0. The molecule has 2 N–H and O–H groups in total. The predicted molar refractivity (Wildman–Crippen MR) is 123 cm³/mol. The number of esters is 1. The van der Waals surface area contributed by atoms with E-state index in [-0.39, 0.29) is 10.8 Å². The molecule has 0 saturated carbocycles. The minimum absolute atomic E-state index is 0.127. The predicted octanol–water partition coefficient (Wildman–Crippen LogP) is 1.26. The molecule has 9 nitrogen and oxygen atoms in total. The van der Waals surface area contributed by atoms with Crippen molar-refractivity contribution in [1.82, 2.24) is 9.62 Å². The van der Waals surface area contributed by atoms with Gasteiger partial charge in [0.05, 0.1) is 11.0 Å². The quantitative estimate of drug-likeness (QED) is 0.529. The highest BCUT2D eigenvalue weighted by Gasteiger charge is 2.32. The summed E-state index contributed by atoms with van der Waals surface area (Å²) in [6.07, 6.45) is -1.39. The normalized spacial score (nSPS) is 16.2. The van der Waals surface area contributed by atoms with Gasteiger partial charge in [0.25, 0.3) is 5.91 Å². The maximum absolute atomic E-state index is 12.5. The van der Waals surface area contributed by atoms with E-state index in [9.17, 15) is 23.1 Å². The molecular formula is C22H26ClN3O6S. The molecule has 2 aromatic rings. The minimum Gasteiger partial charge on any atom is -0.454 e. The van der Waals surface area contributed by atoms with Crippen molar-refractivity contribution in [2.24, 2.45) is 0 Å². The monoisotopic (exact) mass is 495 g/mol. The first-order chi connectivity index (χ1) is 15.7. The van der Waals surface area contributed by atoms with E-state index in [0.717, 1.165) is 5.69 Å². The van der Waals surface area contributed by atoms with Crippen LogP contribution in [0.15, 0.2) is 59.5 Å². The Morgan fingerprint density at radius 2 is 1.67 bits per heavy atom. The number of amides is 1. The summed E-state index contributed by atoms with van der Waals surface area (Å²) in [6.45, 7) is 2.92. The topological polar surface area (TPSA) is 116 Å². The summed E-state index contributed by atoms with van der Waals surface area (Å²) in [5.74, 6) is -1.43. The number of rotatable bonds is 8. The number of hydrogen-bond acceptors (Lipinski definition) is 7. The molecule has 0 aromatic heterocycles. The number of ether oxygens (including phenoxy) is 1. The lowest BCUT2D eigenvalue weighted by atomic mass is 10.2. The van der Waals surface area contributed by atoms with Gasteiger partial charge < -0.3 is 19.6 Å². The van der Waals surface area contributed by atoms with Crippen molar-refractivity contribution >= 4 is 39.2 Å². The third-order valence-electron chi connectivity index (χ3n) is 5.23. The SMILES string of the molecule is C[C@H](O)[C@H](NS(=O)(=O)c1ccc(Cl)cc1)C(=O)OCC(=O)N1CCN(c2ccccc2)CC1. The summed E-state index contributed by atoms with van der Waals surface area (Å²) in [4.78, 5) is 28.6. The van der Waals surface area contributed by atoms with Crippen LogP contribution in [0.1, 0.15) is 6.92 Å². The lowest BCUT2D eigenvalue weighted by Crippen LogP contribution is -2.51. The van der Waals surface area contributed by atoms with Crippen molar-refractivity contribution in [1.29, 1.82) is 0 Å². The summed E-state index contributed by atoms with van der Waals surface area (Å²) >= 11 is 5.77. The van der Waals surface area contributed by atoms with Crippen LogP contribution in [0.25, 0.3) is 0 Å². The van der Waals surface area contributed by atoms with Crippen molar-refractivity contribution < 1.29 is 27.9 Å². The van der Waals surface area contributed by atoms with Crippen LogP contribution in [0.4, 0.5) is 5.69 Å². The van der Waals surface area contributed by atoms with Crippen molar-refractivity contribution in [3.8, 4) is 0 Å². The summed E-state index contributed by atoms with van der Waals surface area (Å²) in [5.41, 5.74) is 1.07. The number of carbonyl (C=O) groups excluding carboxylic acids is 2. The standard InChI is InChI=1S/C22H26ClN3O6S/c1-16(27)21(24-33(30,31)19-9-7-17(23)8-10-19)22(29)32-15-20(28)26-13-11-25(12-14-26)18-5-3-2-4-6-18/h2-10,16,21,24,27H,11-15H2,1H3/t16-,21-/m0/s1. The summed E-state index contributed by atoms with van der Waals surface area (Å²) in [7, 11) is -4.13. The van der Waals surface area contributed by atoms with Crippen LogP contribution in [0.3, 0.4) is 0 Å². The highest BCUT2D eigenvalue weighted by molar-refractivity contribution is 7.89. The second kappa shape index (κ2) is 11.0. The average Bonchev–Trinajstić information content (AvgIpc) is 2.81. The van der Waals surface area contributed by atoms with Gasteiger partial charge in [-0.3, -0.25) is 9.59 Å². The minimum atomic E-state index is -4.13. The molecule has 2 atom stereocenters. The lowest BCUT2D eigenvalue weighted by molar-refractivity contribution is -0.155. The van der Waals surface area contributed by atoms with Gasteiger partial charge in [0.15, 0.2) is 6.61 Å². The van der Waals surface area contributed by atoms with Gasteiger partial charge >= 0.3 is 5.97 Å². The smallest absolute Gasteiger partial charge is 0.327 e. The molecule has 2 aromatic carbocycles. The van der Waals surface area contributed by atoms with Crippen molar-refractivity contribution in [2.45, 2.75) is 24.0 Å². The van der Waals surface area contributed by atoms with Gasteiger partial charge in [-0.1, -0.05) is 29.8 Å². The van der Waals surface area contributed by atoms with Crippen LogP contribution in [-0.2, 0) is 24.3 Å². The first-order valence-corrected chi connectivity index (χ1v) is 12.2. The zero-order valence-electron chi connectivity index (χ0n) is 18.1. The van der Waals surface area contributed by atoms with E-state index in [2.05, 4.69) is 9.62 Å². The molecule has 3 rings (SSSR count). The number of piperazine rings is 1. The van der Waals surface area contributed by atoms with Crippen LogP contribution in [0.2, 0.25) is 5.02 Å². The largest absolute Gasteiger partial charge is 0.454 e. The summed E-state index contributed by atoms with van der Waals surface area (Å²) in [6, 6.07) is 13.6. The molecule has 1 heterocycles. The molecule has 1 saturated heterocycles. The number of hydrogen-bond donors (Lipinski definition) is 2. The zero-order chi connectivity index (χ0) is 24.0. The van der Waals surface area contributed by atoms with Gasteiger partial charge in [-0.05, 0) is 43.3 Å². The Bertz CT molecular complexity index is 1060. The molecule has 0 unspecified atom stereocenters. The van der Waals surface area contributed by atoms with E-state index in [4.69, 9.17) is 16.3 Å². The third kappa shape index (κ3) is 6.67. The molecule has 1 aliphatic rings. The number of anilines is 1. The maximum atomic E-state index is 12.5.